The number of benzene rings is 3. The van der Waals surface area contributed by atoms with Crippen molar-refractivity contribution in [2.75, 3.05) is 11.9 Å². The van der Waals surface area contributed by atoms with Crippen molar-refractivity contribution in [3.8, 4) is 5.69 Å². The fourth-order valence-corrected chi connectivity index (χ4v) is 4.56. The van der Waals surface area contributed by atoms with Gasteiger partial charge in [-0.3, -0.25) is 9.36 Å². The van der Waals surface area contributed by atoms with E-state index in [9.17, 15) is 22.8 Å². The fourth-order valence-electron chi connectivity index (χ4n) is 4.56. The van der Waals surface area contributed by atoms with Gasteiger partial charge in [-0.15, -0.1) is 0 Å². The Morgan fingerprint density at radius 2 is 1.74 bits per heavy atom. The van der Waals surface area contributed by atoms with Gasteiger partial charge in [0, 0.05) is 12.2 Å². The number of aromatic nitrogens is 2. The number of halogens is 3. The van der Waals surface area contributed by atoms with Gasteiger partial charge in [0.1, 0.15) is 5.82 Å². The van der Waals surface area contributed by atoms with Crippen LogP contribution < -0.4 is 10.9 Å². The van der Waals surface area contributed by atoms with Crippen LogP contribution in [-0.4, -0.2) is 27.0 Å². The second-order valence-electron chi connectivity index (χ2n) is 9.44. The number of amides is 2. The van der Waals surface area contributed by atoms with Gasteiger partial charge in [-0.1, -0.05) is 56.2 Å². The van der Waals surface area contributed by atoms with E-state index < -0.39 is 23.8 Å². The molecule has 0 spiro atoms. The largest absolute Gasteiger partial charge is 0.416 e. The quantitative estimate of drug-likeness (QED) is 0.254. The van der Waals surface area contributed by atoms with Crippen molar-refractivity contribution in [3.05, 3.63) is 100 Å². The number of alkyl halides is 3. The maximum absolute atomic E-state index is 13.8. The minimum Gasteiger partial charge on any atom is -0.314 e. The summed E-state index contributed by atoms with van der Waals surface area (Å²) < 4.78 is 41.3. The molecule has 1 aromatic heterocycles. The number of nitrogens with zero attached hydrogens (tertiary/aromatic N) is 3. The van der Waals surface area contributed by atoms with Crippen molar-refractivity contribution in [1.29, 1.82) is 0 Å². The van der Waals surface area contributed by atoms with Crippen LogP contribution in [0.15, 0.2) is 77.6 Å². The van der Waals surface area contributed by atoms with Crippen molar-refractivity contribution in [1.82, 2.24) is 14.5 Å². The van der Waals surface area contributed by atoms with Gasteiger partial charge < -0.3 is 10.2 Å². The van der Waals surface area contributed by atoms with Crippen molar-refractivity contribution < 1.29 is 18.0 Å². The van der Waals surface area contributed by atoms with Crippen molar-refractivity contribution in [3.63, 3.8) is 0 Å². The van der Waals surface area contributed by atoms with Crippen molar-refractivity contribution in [2.45, 2.75) is 52.3 Å². The molecule has 0 aliphatic rings. The number of carbonyl (C=O) groups is 1. The topological polar surface area (TPSA) is 67.2 Å². The SMILES string of the molecule is CCCCN(C(=O)Nc1cccc(C(F)(F)F)c1)C(CC)c1nc2ccccc2c(=O)n1-c1ccc(C)cc1. The second kappa shape index (κ2) is 11.7. The van der Waals surface area contributed by atoms with Crippen LogP contribution in [0.4, 0.5) is 23.7 Å². The molecule has 1 unspecified atom stereocenters. The van der Waals surface area contributed by atoms with Gasteiger partial charge in [0.2, 0.25) is 0 Å². The molecular formula is C30H31F3N4O2. The Balaban J connectivity index is 1.83. The van der Waals surface area contributed by atoms with Crippen molar-refractivity contribution in [2.24, 2.45) is 0 Å². The molecule has 3 aromatic carbocycles. The molecule has 0 aliphatic carbocycles. The Hall–Kier alpha value is -4.14. The lowest BCUT2D eigenvalue weighted by Crippen LogP contribution is -2.41. The summed E-state index contributed by atoms with van der Waals surface area (Å²) >= 11 is 0. The molecule has 1 atom stereocenters. The molecule has 4 aromatic rings. The van der Waals surface area contributed by atoms with Gasteiger partial charge in [-0.25, -0.2) is 9.78 Å². The smallest absolute Gasteiger partial charge is 0.314 e. The number of urea groups is 1. The lowest BCUT2D eigenvalue weighted by molar-refractivity contribution is -0.137. The van der Waals surface area contributed by atoms with Gasteiger partial charge in [0.25, 0.3) is 5.56 Å². The highest BCUT2D eigenvalue weighted by Crippen LogP contribution is 2.31. The predicted octanol–water partition coefficient (Wildman–Crippen LogP) is 7.50. The normalized spacial score (nSPS) is 12.4. The minimum atomic E-state index is -4.53. The molecule has 0 saturated heterocycles. The number of hydrogen-bond donors (Lipinski definition) is 1. The third kappa shape index (κ3) is 6.13. The van der Waals surface area contributed by atoms with E-state index in [1.165, 1.54) is 16.7 Å². The van der Waals surface area contributed by atoms with E-state index in [1.807, 2.05) is 45.0 Å². The lowest BCUT2D eigenvalue weighted by Gasteiger charge is -2.32. The summed E-state index contributed by atoms with van der Waals surface area (Å²) in [5, 5.41) is 3.09. The first-order chi connectivity index (χ1) is 18.6. The van der Waals surface area contributed by atoms with Crippen LogP contribution in [0, 0.1) is 6.92 Å². The van der Waals surface area contributed by atoms with Gasteiger partial charge in [0.05, 0.1) is 28.2 Å². The third-order valence-electron chi connectivity index (χ3n) is 6.61. The van der Waals surface area contributed by atoms with Crippen LogP contribution in [0.2, 0.25) is 0 Å². The fraction of sp³-hybridized carbons (Fsp3) is 0.300. The molecule has 4 rings (SSSR count). The molecule has 1 N–H and O–H groups in total. The number of anilines is 1. The zero-order valence-corrected chi connectivity index (χ0v) is 22.1. The molecule has 0 fully saturated rings. The minimum absolute atomic E-state index is 0.0357. The van der Waals surface area contributed by atoms with Crippen LogP contribution in [0.5, 0.6) is 0 Å². The maximum atomic E-state index is 13.8. The molecule has 6 nitrogen and oxygen atoms in total. The molecular weight excluding hydrogens is 505 g/mol. The Labute approximate surface area is 225 Å². The van der Waals surface area contributed by atoms with E-state index >= 15 is 0 Å². The van der Waals surface area contributed by atoms with Crippen LogP contribution in [-0.2, 0) is 6.18 Å². The Morgan fingerprint density at radius 1 is 1.03 bits per heavy atom. The summed E-state index contributed by atoms with van der Waals surface area (Å²) in [7, 11) is 0. The first-order valence-electron chi connectivity index (χ1n) is 13.0. The average Bonchev–Trinajstić information content (AvgIpc) is 2.91. The highest BCUT2D eigenvalue weighted by Gasteiger charge is 2.32. The maximum Gasteiger partial charge on any atom is 0.416 e. The monoisotopic (exact) mass is 536 g/mol. The van der Waals surface area contributed by atoms with E-state index in [2.05, 4.69) is 5.32 Å². The Kier molecular flexibility index (Phi) is 8.38. The third-order valence-corrected chi connectivity index (χ3v) is 6.61. The molecule has 39 heavy (non-hydrogen) atoms. The van der Waals surface area contributed by atoms with Crippen LogP contribution in [0.3, 0.4) is 0 Å². The second-order valence-corrected chi connectivity index (χ2v) is 9.44. The van der Waals surface area contributed by atoms with Gasteiger partial charge in [0.15, 0.2) is 0 Å². The highest BCUT2D eigenvalue weighted by molar-refractivity contribution is 5.89. The van der Waals surface area contributed by atoms with E-state index in [0.29, 0.717) is 41.8 Å². The summed E-state index contributed by atoms with van der Waals surface area (Å²) in [6.45, 7) is 6.16. The molecule has 0 radical (unpaired) electrons. The van der Waals surface area contributed by atoms with Crippen molar-refractivity contribution >= 4 is 22.6 Å². The number of unbranched alkanes of at least 4 members (excludes halogenated alkanes) is 1. The number of para-hydroxylation sites is 1. The standard InChI is InChI=1S/C30H31F3N4O2/c1-4-6-18-36(29(39)34-22-11-9-10-21(19-22)30(31,32)33)26(5-2)27-35-25-13-8-7-12-24(25)28(38)37(27)23-16-14-20(3)15-17-23/h7-17,19,26H,4-6,18H2,1-3H3,(H,34,39). The van der Waals surface area contributed by atoms with E-state index in [4.69, 9.17) is 4.98 Å². The highest BCUT2D eigenvalue weighted by atomic mass is 19.4. The lowest BCUT2D eigenvalue weighted by atomic mass is 10.1. The zero-order chi connectivity index (χ0) is 28.2. The van der Waals surface area contributed by atoms with Crippen LogP contribution >= 0.6 is 0 Å². The Morgan fingerprint density at radius 3 is 2.41 bits per heavy atom. The number of fused-ring (bicyclic) bond motifs is 1. The zero-order valence-electron chi connectivity index (χ0n) is 22.1. The molecule has 2 amide bonds. The number of nitrogens with one attached hydrogen (secondary N) is 1. The first kappa shape index (κ1) is 27.9. The number of hydrogen-bond acceptors (Lipinski definition) is 3. The van der Waals surface area contributed by atoms with E-state index in [0.717, 1.165) is 24.1 Å². The molecule has 0 bridgehead atoms. The van der Waals surface area contributed by atoms with E-state index in [1.54, 1.807) is 29.2 Å². The number of carbonyl (C=O) groups excluding carboxylic acids is 1. The summed E-state index contributed by atoms with van der Waals surface area (Å²) in [5.74, 6) is 0.389. The Bertz CT molecular complexity index is 1510. The van der Waals surface area contributed by atoms with Gasteiger partial charge in [-0.2, -0.15) is 13.2 Å². The molecule has 204 valence electrons. The summed E-state index contributed by atoms with van der Waals surface area (Å²) in [5.41, 5.74) is 1.08. The summed E-state index contributed by atoms with van der Waals surface area (Å²) in [6, 6.07) is 17.9. The molecule has 0 saturated carbocycles. The van der Waals surface area contributed by atoms with E-state index in [-0.39, 0.29) is 11.2 Å². The molecule has 1 heterocycles. The van der Waals surface area contributed by atoms with Crippen LogP contribution in [0.1, 0.15) is 56.1 Å². The average molecular weight is 537 g/mol. The first-order valence-corrected chi connectivity index (χ1v) is 13.0. The summed E-state index contributed by atoms with van der Waals surface area (Å²) in [4.78, 5) is 33.8. The van der Waals surface area contributed by atoms with Crippen LogP contribution in [0.25, 0.3) is 16.6 Å². The predicted molar refractivity (Wildman–Crippen MR) is 147 cm³/mol. The number of rotatable bonds is 8. The summed E-state index contributed by atoms with van der Waals surface area (Å²) in [6.07, 6.45) is -2.65. The molecule has 0 aliphatic heterocycles. The van der Waals surface area contributed by atoms with Gasteiger partial charge >= 0.3 is 12.2 Å². The van der Waals surface area contributed by atoms with Gasteiger partial charge in [-0.05, 0) is 62.2 Å². The number of aryl methyl sites for hydroxylation is 1. The molecule has 9 heteroatoms.